The third-order valence-corrected chi connectivity index (χ3v) is 4.19. The average Bonchev–Trinajstić information content (AvgIpc) is 2.48. The summed E-state index contributed by atoms with van der Waals surface area (Å²) in [6.07, 6.45) is 5.99. The average molecular weight is 275 g/mol. The Morgan fingerprint density at radius 2 is 1.95 bits per heavy atom. The van der Waals surface area contributed by atoms with Crippen molar-refractivity contribution in [3.63, 3.8) is 0 Å². The lowest BCUT2D eigenvalue weighted by Gasteiger charge is -2.26. The maximum Gasteiger partial charge on any atom is 0.220 e. The number of amides is 1. The molecule has 0 aliphatic heterocycles. The number of rotatable bonds is 5. The van der Waals surface area contributed by atoms with Crippen molar-refractivity contribution in [3.8, 4) is 5.75 Å². The summed E-state index contributed by atoms with van der Waals surface area (Å²) in [7, 11) is 1.67. The Labute approximate surface area is 121 Å². The molecule has 3 nitrogen and oxygen atoms in total. The SMILES string of the molecule is COc1ccccc1CCC(=O)NC1CCC(C)CC1. The summed E-state index contributed by atoms with van der Waals surface area (Å²) in [5.41, 5.74) is 1.10. The van der Waals surface area contributed by atoms with Gasteiger partial charge in [-0.1, -0.05) is 25.1 Å². The Hall–Kier alpha value is -1.51. The number of benzene rings is 1. The standard InChI is InChI=1S/C17H25NO2/c1-13-7-10-15(11-8-13)18-17(19)12-9-14-5-3-4-6-16(14)20-2/h3-6,13,15H,7-12H2,1-2H3,(H,18,19). The predicted octanol–water partition coefficient (Wildman–Crippen LogP) is 3.32. The molecule has 1 aromatic rings. The lowest BCUT2D eigenvalue weighted by Crippen LogP contribution is -2.37. The zero-order valence-electron chi connectivity index (χ0n) is 12.5. The van der Waals surface area contributed by atoms with E-state index in [4.69, 9.17) is 4.74 Å². The second-order valence-corrected chi connectivity index (χ2v) is 5.84. The van der Waals surface area contributed by atoms with Gasteiger partial charge in [-0.15, -0.1) is 0 Å². The van der Waals surface area contributed by atoms with E-state index in [-0.39, 0.29) is 5.91 Å². The van der Waals surface area contributed by atoms with E-state index in [1.54, 1.807) is 7.11 Å². The maximum absolute atomic E-state index is 12.0. The van der Waals surface area contributed by atoms with Gasteiger partial charge in [-0.3, -0.25) is 4.79 Å². The van der Waals surface area contributed by atoms with Gasteiger partial charge in [0.15, 0.2) is 0 Å². The zero-order chi connectivity index (χ0) is 14.4. The number of ether oxygens (including phenoxy) is 1. The molecule has 3 heteroatoms. The summed E-state index contributed by atoms with van der Waals surface area (Å²) in [5, 5.41) is 3.17. The largest absolute Gasteiger partial charge is 0.496 e. The van der Waals surface area contributed by atoms with Crippen molar-refractivity contribution in [1.82, 2.24) is 5.32 Å². The minimum atomic E-state index is 0.162. The predicted molar refractivity (Wildman–Crippen MR) is 80.9 cm³/mol. The summed E-state index contributed by atoms with van der Waals surface area (Å²) in [6, 6.07) is 8.28. The van der Waals surface area contributed by atoms with Gasteiger partial charge in [0.25, 0.3) is 0 Å². The fraction of sp³-hybridized carbons (Fsp3) is 0.588. The number of carbonyl (C=O) groups is 1. The van der Waals surface area contributed by atoms with E-state index in [0.717, 1.165) is 36.5 Å². The lowest BCUT2D eigenvalue weighted by atomic mass is 9.87. The van der Waals surface area contributed by atoms with Crippen molar-refractivity contribution in [2.75, 3.05) is 7.11 Å². The van der Waals surface area contributed by atoms with Crippen molar-refractivity contribution in [1.29, 1.82) is 0 Å². The van der Waals surface area contributed by atoms with Gasteiger partial charge in [0.2, 0.25) is 5.91 Å². The third kappa shape index (κ3) is 4.26. The smallest absolute Gasteiger partial charge is 0.220 e. The van der Waals surface area contributed by atoms with E-state index in [0.29, 0.717) is 12.5 Å². The summed E-state index contributed by atoms with van der Waals surface area (Å²) in [6.45, 7) is 2.29. The van der Waals surface area contributed by atoms with Crippen LogP contribution in [0, 0.1) is 5.92 Å². The van der Waals surface area contributed by atoms with Crippen LogP contribution in [0.15, 0.2) is 24.3 Å². The molecule has 0 unspecified atom stereocenters. The molecule has 20 heavy (non-hydrogen) atoms. The Bertz CT molecular complexity index is 436. The summed E-state index contributed by atoms with van der Waals surface area (Å²) in [5.74, 6) is 1.85. The lowest BCUT2D eigenvalue weighted by molar-refractivity contribution is -0.122. The van der Waals surface area contributed by atoms with Crippen LogP contribution in [-0.2, 0) is 11.2 Å². The van der Waals surface area contributed by atoms with Crippen LogP contribution in [0.4, 0.5) is 0 Å². The summed E-state index contributed by atoms with van der Waals surface area (Å²) < 4.78 is 5.31. The molecule has 0 spiro atoms. The van der Waals surface area contributed by atoms with Crippen LogP contribution in [0.5, 0.6) is 5.75 Å². The first-order chi connectivity index (χ1) is 9.69. The van der Waals surface area contributed by atoms with Crippen molar-refractivity contribution < 1.29 is 9.53 Å². The van der Waals surface area contributed by atoms with Gasteiger partial charge in [0.1, 0.15) is 5.75 Å². The fourth-order valence-electron chi connectivity index (χ4n) is 2.86. The minimum Gasteiger partial charge on any atom is -0.496 e. The first-order valence-electron chi connectivity index (χ1n) is 7.60. The molecule has 1 fully saturated rings. The highest BCUT2D eigenvalue weighted by atomic mass is 16.5. The van der Waals surface area contributed by atoms with Gasteiger partial charge in [0, 0.05) is 12.5 Å². The highest BCUT2D eigenvalue weighted by molar-refractivity contribution is 5.76. The first-order valence-corrected chi connectivity index (χ1v) is 7.60. The van der Waals surface area contributed by atoms with Gasteiger partial charge in [-0.2, -0.15) is 0 Å². The Kier molecular flexibility index (Phi) is 5.45. The Morgan fingerprint density at radius 1 is 1.25 bits per heavy atom. The van der Waals surface area contributed by atoms with E-state index in [2.05, 4.69) is 12.2 Å². The van der Waals surface area contributed by atoms with Gasteiger partial charge in [-0.25, -0.2) is 0 Å². The highest BCUT2D eigenvalue weighted by Gasteiger charge is 2.19. The van der Waals surface area contributed by atoms with E-state index in [9.17, 15) is 4.79 Å². The number of methoxy groups -OCH3 is 1. The van der Waals surface area contributed by atoms with Crippen molar-refractivity contribution in [2.24, 2.45) is 5.92 Å². The number of aryl methyl sites for hydroxylation is 1. The number of nitrogens with one attached hydrogen (secondary N) is 1. The molecule has 0 aromatic heterocycles. The molecule has 2 rings (SSSR count). The van der Waals surface area contributed by atoms with Crippen LogP contribution in [0.1, 0.15) is 44.6 Å². The van der Waals surface area contributed by atoms with Crippen LogP contribution in [-0.4, -0.2) is 19.1 Å². The molecule has 0 atom stereocenters. The molecule has 1 N–H and O–H groups in total. The number of hydrogen-bond acceptors (Lipinski definition) is 2. The third-order valence-electron chi connectivity index (χ3n) is 4.19. The Balaban J connectivity index is 1.77. The monoisotopic (exact) mass is 275 g/mol. The molecular formula is C17H25NO2. The summed E-state index contributed by atoms with van der Waals surface area (Å²) >= 11 is 0. The molecule has 0 heterocycles. The Morgan fingerprint density at radius 3 is 2.65 bits per heavy atom. The maximum atomic E-state index is 12.0. The van der Waals surface area contributed by atoms with Crippen LogP contribution in [0.3, 0.4) is 0 Å². The molecule has 1 aliphatic rings. The first kappa shape index (κ1) is 14.9. The molecule has 1 amide bonds. The second-order valence-electron chi connectivity index (χ2n) is 5.84. The van der Waals surface area contributed by atoms with Gasteiger partial charge >= 0.3 is 0 Å². The minimum absolute atomic E-state index is 0.162. The molecule has 0 radical (unpaired) electrons. The zero-order valence-corrected chi connectivity index (χ0v) is 12.5. The molecular weight excluding hydrogens is 250 g/mol. The topological polar surface area (TPSA) is 38.3 Å². The second kappa shape index (κ2) is 7.32. The quantitative estimate of drug-likeness (QED) is 0.895. The van der Waals surface area contributed by atoms with Gasteiger partial charge in [-0.05, 0) is 49.7 Å². The van der Waals surface area contributed by atoms with Crippen molar-refractivity contribution in [3.05, 3.63) is 29.8 Å². The molecule has 1 saturated carbocycles. The highest BCUT2D eigenvalue weighted by Crippen LogP contribution is 2.23. The fourth-order valence-corrected chi connectivity index (χ4v) is 2.86. The van der Waals surface area contributed by atoms with Crippen LogP contribution in [0.2, 0.25) is 0 Å². The molecule has 1 aromatic carbocycles. The van der Waals surface area contributed by atoms with Crippen LogP contribution in [0.25, 0.3) is 0 Å². The van der Waals surface area contributed by atoms with E-state index < -0.39 is 0 Å². The van der Waals surface area contributed by atoms with Gasteiger partial charge in [0.05, 0.1) is 7.11 Å². The molecule has 0 bridgehead atoms. The van der Waals surface area contributed by atoms with Crippen LogP contribution < -0.4 is 10.1 Å². The molecule has 0 saturated heterocycles. The van der Waals surface area contributed by atoms with E-state index in [1.807, 2.05) is 24.3 Å². The molecule has 110 valence electrons. The van der Waals surface area contributed by atoms with E-state index >= 15 is 0 Å². The number of carbonyl (C=O) groups excluding carboxylic acids is 1. The van der Waals surface area contributed by atoms with Crippen LogP contribution >= 0.6 is 0 Å². The normalized spacial score (nSPS) is 22.3. The van der Waals surface area contributed by atoms with Crippen molar-refractivity contribution in [2.45, 2.75) is 51.5 Å². The van der Waals surface area contributed by atoms with Crippen molar-refractivity contribution >= 4 is 5.91 Å². The summed E-state index contributed by atoms with van der Waals surface area (Å²) in [4.78, 5) is 12.0. The number of para-hydroxylation sites is 1. The number of hydrogen-bond donors (Lipinski definition) is 1. The van der Waals surface area contributed by atoms with Gasteiger partial charge < -0.3 is 10.1 Å². The molecule has 1 aliphatic carbocycles. The van der Waals surface area contributed by atoms with E-state index in [1.165, 1.54) is 12.8 Å².